The number of amides is 1. The Morgan fingerprint density at radius 3 is 2.69 bits per heavy atom. The van der Waals surface area contributed by atoms with E-state index in [-0.39, 0.29) is 18.4 Å². The Labute approximate surface area is 93.4 Å². The van der Waals surface area contributed by atoms with Crippen LogP contribution in [-0.4, -0.2) is 23.0 Å². The molecule has 1 heterocycles. The quantitative estimate of drug-likeness (QED) is 0.797. The van der Waals surface area contributed by atoms with Crippen molar-refractivity contribution in [2.24, 2.45) is 0 Å². The number of carbonyl (C=O) groups excluding carboxylic acids is 1. The van der Waals surface area contributed by atoms with Crippen LogP contribution < -0.4 is 5.32 Å². The highest BCUT2D eigenvalue weighted by Crippen LogP contribution is 2.07. The van der Waals surface area contributed by atoms with E-state index in [0.717, 1.165) is 0 Å². The monoisotopic (exact) mass is 225 g/mol. The van der Waals surface area contributed by atoms with Crippen molar-refractivity contribution in [1.29, 1.82) is 0 Å². The fraction of sp³-hybridized carbons (Fsp3) is 0.455. The molecule has 0 saturated carbocycles. The first-order valence-electron chi connectivity index (χ1n) is 5.10. The molecule has 0 aliphatic carbocycles. The predicted octanol–water partition coefficient (Wildman–Crippen LogP) is 1.57. The lowest BCUT2D eigenvalue weighted by atomic mass is 10.1. The summed E-state index contributed by atoms with van der Waals surface area (Å²) in [6, 6.07) is 1.27. The molecule has 0 aliphatic rings. The zero-order valence-electron chi connectivity index (χ0n) is 9.32. The first-order valence-corrected chi connectivity index (χ1v) is 5.10. The Kier molecular flexibility index (Phi) is 4.10. The molecule has 88 valence electrons. The van der Waals surface area contributed by atoms with Gasteiger partial charge in [-0.15, -0.1) is 0 Å². The van der Waals surface area contributed by atoms with Crippen molar-refractivity contribution in [2.75, 3.05) is 0 Å². The van der Waals surface area contributed by atoms with Gasteiger partial charge >= 0.3 is 5.97 Å². The highest BCUT2D eigenvalue weighted by atomic mass is 16.4. The van der Waals surface area contributed by atoms with Crippen molar-refractivity contribution < 1.29 is 19.1 Å². The van der Waals surface area contributed by atoms with E-state index in [1.807, 2.05) is 6.92 Å². The lowest BCUT2D eigenvalue weighted by Gasteiger charge is -2.13. The molecular formula is C11H15NO4. The molecule has 1 amide bonds. The summed E-state index contributed by atoms with van der Waals surface area (Å²) >= 11 is 0. The Bertz CT molecular complexity index is 383. The molecule has 5 heteroatoms. The minimum absolute atomic E-state index is 0.0704. The lowest BCUT2D eigenvalue weighted by molar-refractivity contribution is -0.137. The summed E-state index contributed by atoms with van der Waals surface area (Å²) in [6.07, 6.45) is 1.87. The average molecular weight is 225 g/mol. The van der Waals surface area contributed by atoms with Crippen LogP contribution in [0.1, 0.15) is 35.9 Å². The van der Waals surface area contributed by atoms with Crippen molar-refractivity contribution in [1.82, 2.24) is 5.32 Å². The molecule has 1 rings (SSSR count). The second-order valence-corrected chi connectivity index (χ2v) is 3.62. The fourth-order valence-corrected chi connectivity index (χ4v) is 1.34. The summed E-state index contributed by atoms with van der Waals surface area (Å²) < 4.78 is 5.00. The van der Waals surface area contributed by atoms with Gasteiger partial charge in [0.2, 0.25) is 0 Å². The smallest absolute Gasteiger partial charge is 0.305 e. The van der Waals surface area contributed by atoms with Crippen LogP contribution in [0.15, 0.2) is 16.7 Å². The van der Waals surface area contributed by atoms with Gasteiger partial charge in [0.1, 0.15) is 12.0 Å². The molecular weight excluding hydrogens is 210 g/mol. The molecule has 2 N–H and O–H groups in total. The summed E-state index contributed by atoms with van der Waals surface area (Å²) in [6.45, 7) is 3.57. The van der Waals surface area contributed by atoms with Crippen LogP contribution in [-0.2, 0) is 4.79 Å². The molecule has 0 saturated heterocycles. The number of carboxylic acid groups (broad SMARTS) is 1. The minimum atomic E-state index is -0.921. The number of hydrogen-bond acceptors (Lipinski definition) is 3. The van der Waals surface area contributed by atoms with Gasteiger partial charge in [0, 0.05) is 6.04 Å². The number of furan rings is 1. The second kappa shape index (κ2) is 5.34. The van der Waals surface area contributed by atoms with Gasteiger partial charge in [-0.25, -0.2) is 0 Å². The number of carbonyl (C=O) groups is 2. The van der Waals surface area contributed by atoms with E-state index < -0.39 is 5.97 Å². The molecule has 1 unspecified atom stereocenters. The summed E-state index contributed by atoms with van der Waals surface area (Å²) in [7, 11) is 0. The van der Waals surface area contributed by atoms with Crippen LogP contribution in [0, 0.1) is 6.92 Å². The van der Waals surface area contributed by atoms with Gasteiger partial charge in [0.15, 0.2) is 0 Å². The SMILES string of the molecule is CCC(CC(=O)O)NC(=O)c1coc(C)c1. The van der Waals surface area contributed by atoms with Gasteiger partial charge in [-0.3, -0.25) is 9.59 Å². The Hall–Kier alpha value is -1.78. The van der Waals surface area contributed by atoms with E-state index in [9.17, 15) is 9.59 Å². The number of aryl methyl sites for hydroxylation is 1. The first-order chi connectivity index (χ1) is 7.52. The van der Waals surface area contributed by atoms with Crippen LogP contribution in [0.4, 0.5) is 0 Å². The van der Waals surface area contributed by atoms with E-state index in [0.29, 0.717) is 17.7 Å². The van der Waals surface area contributed by atoms with Gasteiger partial charge < -0.3 is 14.8 Å². The fourth-order valence-electron chi connectivity index (χ4n) is 1.34. The van der Waals surface area contributed by atoms with Gasteiger partial charge in [0.05, 0.1) is 12.0 Å². The molecule has 1 atom stereocenters. The minimum Gasteiger partial charge on any atom is -0.481 e. The number of aliphatic carboxylic acids is 1. The summed E-state index contributed by atoms with van der Waals surface area (Å²) in [5, 5.41) is 11.3. The molecule has 1 aromatic rings. The molecule has 0 fully saturated rings. The molecule has 0 radical (unpaired) electrons. The van der Waals surface area contributed by atoms with Crippen LogP contribution in [0.2, 0.25) is 0 Å². The normalized spacial score (nSPS) is 12.1. The topological polar surface area (TPSA) is 79.5 Å². The Morgan fingerprint density at radius 2 is 2.25 bits per heavy atom. The summed E-state index contributed by atoms with van der Waals surface area (Å²) in [5.41, 5.74) is 0.418. The molecule has 16 heavy (non-hydrogen) atoms. The Morgan fingerprint density at radius 1 is 1.56 bits per heavy atom. The molecule has 0 spiro atoms. The maximum absolute atomic E-state index is 11.6. The third kappa shape index (κ3) is 3.42. The van der Waals surface area contributed by atoms with Crippen LogP contribution in [0.3, 0.4) is 0 Å². The van der Waals surface area contributed by atoms with E-state index in [2.05, 4.69) is 5.32 Å². The van der Waals surface area contributed by atoms with E-state index in [1.54, 1.807) is 13.0 Å². The van der Waals surface area contributed by atoms with Gasteiger partial charge in [0.25, 0.3) is 5.91 Å². The van der Waals surface area contributed by atoms with Crippen LogP contribution >= 0.6 is 0 Å². The summed E-state index contributed by atoms with van der Waals surface area (Å²) in [4.78, 5) is 22.2. The van der Waals surface area contributed by atoms with Crippen molar-refractivity contribution in [3.63, 3.8) is 0 Å². The van der Waals surface area contributed by atoms with Crippen molar-refractivity contribution in [2.45, 2.75) is 32.7 Å². The van der Waals surface area contributed by atoms with E-state index in [4.69, 9.17) is 9.52 Å². The third-order valence-electron chi connectivity index (χ3n) is 2.24. The van der Waals surface area contributed by atoms with Gasteiger partial charge in [-0.05, 0) is 19.4 Å². The molecule has 0 aromatic carbocycles. The number of rotatable bonds is 5. The van der Waals surface area contributed by atoms with E-state index in [1.165, 1.54) is 6.26 Å². The second-order valence-electron chi connectivity index (χ2n) is 3.62. The van der Waals surface area contributed by atoms with Crippen LogP contribution in [0.25, 0.3) is 0 Å². The standard InChI is InChI=1S/C11H15NO4/c1-3-9(5-10(13)14)12-11(15)8-4-7(2)16-6-8/h4,6,9H,3,5H2,1-2H3,(H,12,15)(H,13,14). The molecule has 0 aliphatic heterocycles. The third-order valence-corrected chi connectivity index (χ3v) is 2.24. The number of nitrogens with one attached hydrogen (secondary N) is 1. The first kappa shape index (κ1) is 12.3. The maximum Gasteiger partial charge on any atom is 0.305 e. The highest BCUT2D eigenvalue weighted by molar-refractivity contribution is 5.94. The lowest BCUT2D eigenvalue weighted by Crippen LogP contribution is -2.35. The Balaban J connectivity index is 2.58. The van der Waals surface area contributed by atoms with Crippen molar-refractivity contribution >= 4 is 11.9 Å². The zero-order valence-corrected chi connectivity index (χ0v) is 9.32. The van der Waals surface area contributed by atoms with Crippen molar-refractivity contribution in [3.8, 4) is 0 Å². The van der Waals surface area contributed by atoms with Gasteiger partial charge in [-0.1, -0.05) is 6.92 Å². The summed E-state index contributed by atoms with van der Waals surface area (Å²) in [5.74, 6) is -0.572. The molecule has 5 nitrogen and oxygen atoms in total. The van der Waals surface area contributed by atoms with Gasteiger partial charge in [-0.2, -0.15) is 0 Å². The number of carboxylic acids is 1. The van der Waals surface area contributed by atoms with Crippen LogP contribution in [0.5, 0.6) is 0 Å². The highest BCUT2D eigenvalue weighted by Gasteiger charge is 2.16. The van der Waals surface area contributed by atoms with Crippen molar-refractivity contribution in [3.05, 3.63) is 23.7 Å². The zero-order chi connectivity index (χ0) is 12.1. The largest absolute Gasteiger partial charge is 0.481 e. The molecule has 0 bridgehead atoms. The average Bonchev–Trinajstić information content (AvgIpc) is 2.63. The molecule has 1 aromatic heterocycles. The maximum atomic E-state index is 11.6. The number of hydrogen-bond donors (Lipinski definition) is 2. The van der Waals surface area contributed by atoms with E-state index >= 15 is 0 Å². The predicted molar refractivity (Wildman–Crippen MR) is 57.2 cm³/mol.